The van der Waals surface area contributed by atoms with Crippen LogP contribution in [0.2, 0.25) is 10.0 Å². The number of nitriles is 1. The lowest BCUT2D eigenvalue weighted by atomic mass is 10.1. The van der Waals surface area contributed by atoms with Crippen molar-refractivity contribution >= 4 is 131 Å². The van der Waals surface area contributed by atoms with Gasteiger partial charge >= 0.3 is 5.97 Å². The lowest BCUT2D eigenvalue weighted by Crippen LogP contribution is -2.35. The first-order valence-electron chi connectivity index (χ1n) is 15.5. The number of methoxy groups -OCH3 is 1. The molecule has 0 aliphatic heterocycles. The molecule has 0 atom stereocenters. The molecule has 278 valence electrons. The molecule has 0 unspecified atom stereocenters. The van der Waals surface area contributed by atoms with Crippen LogP contribution in [0.3, 0.4) is 0 Å². The van der Waals surface area contributed by atoms with Crippen LogP contribution in [-0.2, 0) is 18.8 Å². The van der Waals surface area contributed by atoms with Crippen LogP contribution < -0.4 is 5.32 Å². The lowest BCUT2D eigenvalue weighted by Gasteiger charge is -2.11. The summed E-state index contributed by atoms with van der Waals surface area (Å²) in [5.41, 5.74) is 3.21. The molecule has 11 nitrogen and oxygen atoms in total. The third-order valence-electron chi connectivity index (χ3n) is 8.53. The highest BCUT2D eigenvalue weighted by Gasteiger charge is 2.45. The normalized spacial score (nSPS) is 12.9. The zero-order chi connectivity index (χ0) is 39.2. The van der Waals surface area contributed by atoms with E-state index in [0.29, 0.717) is 34.0 Å². The highest BCUT2D eigenvalue weighted by atomic mass is 79.9. The molecule has 0 saturated heterocycles. The standard InChI is InChI=1S/C19H13Br3ClN5O.C16H11Br3ClN3O2/c1-27-16(22)14(20)15(21)18(27)28-8-11(7-25-28)10-2-3-13(23)12(6-10)17(29)26-19(9-24)4-5-19;1-22-14(19)12(17)13(18)15(22)23-7-9(6-21-23)8-3-4-11(20)10(5-8)16(24)25-2/h2-3,6-8H,4-5H2,1H3,(H,26,29);3-7H,1-2H3. The van der Waals surface area contributed by atoms with Gasteiger partial charge in [0.25, 0.3) is 5.91 Å². The maximum absolute atomic E-state index is 12.6. The zero-order valence-corrected chi connectivity index (χ0v) is 39.1. The Labute approximate surface area is 369 Å². The second-order valence-electron chi connectivity index (χ2n) is 12.0. The van der Waals surface area contributed by atoms with Gasteiger partial charge in [0.2, 0.25) is 0 Å². The maximum Gasteiger partial charge on any atom is 0.339 e. The van der Waals surface area contributed by atoms with E-state index in [9.17, 15) is 14.9 Å². The first-order valence-corrected chi connectivity index (χ1v) is 21.0. The molecule has 19 heteroatoms. The summed E-state index contributed by atoms with van der Waals surface area (Å²) in [5, 5.41) is 21.6. The van der Waals surface area contributed by atoms with Gasteiger partial charge in [-0.3, -0.25) is 4.79 Å². The van der Waals surface area contributed by atoms with Crippen LogP contribution in [0, 0.1) is 11.3 Å². The van der Waals surface area contributed by atoms with Gasteiger partial charge < -0.3 is 19.2 Å². The first kappa shape index (κ1) is 41.0. The highest BCUT2D eigenvalue weighted by Crippen LogP contribution is 2.40. The van der Waals surface area contributed by atoms with Gasteiger partial charge in [-0.1, -0.05) is 35.3 Å². The minimum absolute atomic E-state index is 0.319. The van der Waals surface area contributed by atoms with E-state index in [1.165, 1.54) is 7.11 Å². The largest absolute Gasteiger partial charge is 0.465 e. The molecule has 4 aromatic heterocycles. The number of rotatable bonds is 7. The lowest BCUT2D eigenvalue weighted by molar-refractivity contribution is 0.0600. The predicted octanol–water partition coefficient (Wildman–Crippen LogP) is 11.2. The van der Waals surface area contributed by atoms with Gasteiger partial charge in [0, 0.05) is 37.6 Å². The minimum Gasteiger partial charge on any atom is -0.465 e. The van der Waals surface area contributed by atoms with E-state index in [2.05, 4.69) is 117 Å². The number of hydrogen-bond donors (Lipinski definition) is 1. The molecule has 1 aliphatic rings. The molecule has 0 spiro atoms. The molecule has 1 saturated carbocycles. The number of amides is 1. The van der Waals surface area contributed by atoms with E-state index < -0.39 is 11.5 Å². The third kappa shape index (κ3) is 7.95. The quantitative estimate of drug-likeness (QED) is 0.159. The van der Waals surface area contributed by atoms with Crippen molar-refractivity contribution < 1.29 is 14.3 Å². The molecule has 2 aromatic carbocycles. The van der Waals surface area contributed by atoms with Gasteiger partial charge in [-0.2, -0.15) is 15.5 Å². The van der Waals surface area contributed by atoms with E-state index >= 15 is 0 Å². The van der Waals surface area contributed by atoms with Crippen LogP contribution in [0.4, 0.5) is 0 Å². The molecule has 1 amide bonds. The Morgan fingerprint density at radius 1 is 0.759 bits per heavy atom. The number of ether oxygens (including phenoxy) is 1. The van der Waals surface area contributed by atoms with Crippen molar-refractivity contribution in [3.05, 3.63) is 109 Å². The molecule has 1 N–H and O–H groups in total. The van der Waals surface area contributed by atoms with Crippen molar-refractivity contribution in [3.8, 4) is 40.0 Å². The number of benzene rings is 2. The Morgan fingerprint density at radius 3 is 1.59 bits per heavy atom. The summed E-state index contributed by atoms with van der Waals surface area (Å²) in [6, 6.07) is 12.6. The summed E-state index contributed by atoms with van der Waals surface area (Å²) < 4.78 is 17.5. The maximum atomic E-state index is 12.6. The van der Waals surface area contributed by atoms with E-state index in [1.807, 2.05) is 47.8 Å². The average molecular weight is 1150 g/mol. The van der Waals surface area contributed by atoms with Crippen molar-refractivity contribution in [2.75, 3.05) is 7.11 Å². The van der Waals surface area contributed by atoms with Crippen molar-refractivity contribution in [1.29, 1.82) is 5.26 Å². The van der Waals surface area contributed by atoms with Gasteiger partial charge in [-0.15, -0.1) is 0 Å². The molecular formula is C35H24Br6Cl2N8O3. The van der Waals surface area contributed by atoms with Crippen LogP contribution in [0.1, 0.15) is 33.6 Å². The molecule has 54 heavy (non-hydrogen) atoms. The number of carbonyl (C=O) groups excluding carboxylic acids is 2. The van der Waals surface area contributed by atoms with Crippen molar-refractivity contribution in [2.45, 2.75) is 18.4 Å². The number of halogens is 8. The molecule has 4 heterocycles. The molecule has 0 radical (unpaired) electrons. The van der Waals surface area contributed by atoms with E-state index in [4.69, 9.17) is 27.9 Å². The van der Waals surface area contributed by atoms with Gasteiger partial charge in [0.1, 0.15) is 26.4 Å². The summed E-state index contributed by atoms with van der Waals surface area (Å²) in [6.45, 7) is 0. The van der Waals surface area contributed by atoms with Gasteiger partial charge in [0.15, 0.2) is 0 Å². The minimum atomic E-state index is -0.749. The number of carbonyl (C=O) groups is 2. The number of nitrogens with one attached hydrogen (secondary N) is 1. The number of nitrogens with zero attached hydrogens (tertiary/aromatic N) is 7. The van der Waals surface area contributed by atoms with Crippen molar-refractivity contribution in [2.24, 2.45) is 14.1 Å². The second-order valence-corrected chi connectivity index (χ2v) is 17.5. The highest BCUT2D eigenvalue weighted by molar-refractivity contribution is 9.15. The Kier molecular flexibility index (Phi) is 12.5. The van der Waals surface area contributed by atoms with Crippen LogP contribution in [0.25, 0.3) is 33.9 Å². The predicted molar refractivity (Wildman–Crippen MR) is 229 cm³/mol. The fourth-order valence-corrected chi connectivity index (χ4v) is 9.18. The zero-order valence-electron chi connectivity index (χ0n) is 28.1. The number of aromatic nitrogens is 6. The summed E-state index contributed by atoms with van der Waals surface area (Å²) in [5.74, 6) is 0.873. The first-order chi connectivity index (χ1) is 25.6. The molecule has 1 fully saturated rings. The Balaban J connectivity index is 0.000000186. The number of esters is 1. The van der Waals surface area contributed by atoms with E-state index in [1.54, 1.807) is 46.0 Å². The average Bonchev–Trinajstić information content (AvgIpc) is 3.39. The van der Waals surface area contributed by atoms with Gasteiger partial charge in [0.05, 0.1) is 64.6 Å². The molecule has 6 aromatic rings. The molecule has 0 bridgehead atoms. The second kappa shape index (κ2) is 16.4. The summed E-state index contributed by atoms with van der Waals surface area (Å²) in [4.78, 5) is 24.5. The van der Waals surface area contributed by atoms with Gasteiger partial charge in [-0.25, -0.2) is 14.2 Å². The number of hydrogen-bond acceptors (Lipinski definition) is 6. The summed E-state index contributed by atoms with van der Waals surface area (Å²) in [6.07, 6.45) is 8.53. The third-order valence-corrected chi connectivity index (χ3v) is 16.2. The molecular weight excluding hydrogens is 1130 g/mol. The Morgan fingerprint density at radius 2 is 1.20 bits per heavy atom. The van der Waals surface area contributed by atoms with E-state index in [0.717, 1.165) is 61.0 Å². The fraction of sp³-hybridized carbons (Fsp3) is 0.171. The van der Waals surface area contributed by atoms with Crippen LogP contribution in [0.15, 0.2) is 88.3 Å². The topological polar surface area (TPSA) is 125 Å². The van der Waals surface area contributed by atoms with Crippen molar-refractivity contribution in [1.82, 2.24) is 34.0 Å². The fourth-order valence-electron chi connectivity index (χ4n) is 5.36. The smallest absolute Gasteiger partial charge is 0.339 e. The molecule has 1 aliphatic carbocycles. The SMILES string of the molecule is COC(=O)c1cc(-c2cnn(-c3c(Br)c(Br)c(Br)n3C)c2)ccc1Cl.Cn1c(Br)c(Br)c(Br)c1-n1cc(-c2ccc(Cl)c(C(=O)NC3(C#N)CC3)c2)cn1. The van der Waals surface area contributed by atoms with Crippen LogP contribution in [-0.4, -0.2) is 53.2 Å². The Bertz CT molecular complexity index is 2460. The molecule has 7 rings (SSSR count). The Hall–Kier alpha value is -2.69. The van der Waals surface area contributed by atoms with Crippen LogP contribution >= 0.6 is 119 Å². The van der Waals surface area contributed by atoms with Crippen LogP contribution in [0.5, 0.6) is 0 Å². The monoisotopic (exact) mass is 1150 g/mol. The summed E-state index contributed by atoms with van der Waals surface area (Å²) in [7, 11) is 5.17. The van der Waals surface area contributed by atoms with E-state index in [-0.39, 0.29) is 5.91 Å². The van der Waals surface area contributed by atoms with Gasteiger partial charge in [-0.05, 0) is 144 Å². The van der Waals surface area contributed by atoms with Crippen molar-refractivity contribution in [3.63, 3.8) is 0 Å². The summed E-state index contributed by atoms with van der Waals surface area (Å²) >= 11 is 33.6.